The number of amides is 3. The smallest absolute Gasteiger partial charge is 0.254 e. The van der Waals surface area contributed by atoms with Gasteiger partial charge in [-0.15, -0.1) is 0 Å². The Bertz CT molecular complexity index is 747. The molecule has 1 atom stereocenters. The Labute approximate surface area is 156 Å². The van der Waals surface area contributed by atoms with Crippen molar-refractivity contribution in [1.82, 2.24) is 10.6 Å². The van der Waals surface area contributed by atoms with E-state index in [0.717, 1.165) is 0 Å². The van der Waals surface area contributed by atoms with Crippen LogP contribution in [0.3, 0.4) is 0 Å². The number of benzene rings is 1. The Hall–Kier alpha value is -2.52. The molecule has 3 amide bonds. The summed E-state index contributed by atoms with van der Waals surface area (Å²) in [5, 5.41) is 4.62. The topological polar surface area (TPSA) is 97.0 Å². The molecule has 1 aromatic rings. The number of carbonyl (C=O) groups is 3. The van der Waals surface area contributed by atoms with Crippen LogP contribution in [0, 0.1) is 11.7 Å². The number of rotatable bonds is 6. The number of ether oxygens (including phenoxy) is 2. The molecule has 0 aromatic heterocycles. The zero-order valence-corrected chi connectivity index (χ0v) is 15.2. The molecule has 2 heterocycles. The highest BCUT2D eigenvalue weighted by Gasteiger charge is 2.34. The fourth-order valence-electron chi connectivity index (χ4n) is 3.33. The average Bonchev–Trinajstić information content (AvgIpc) is 2.59. The third-order valence-corrected chi connectivity index (χ3v) is 4.87. The molecule has 2 aliphatic heterocycles. The van der Waals surface area contributed by atoms with E-state index in [2.05, 4.69) is 10.6 Å². The number of nitrogens with zero attached hydrogens (tertiary/aromatic N) is 1. The number of nitrogens with one attached hydrogen (secondary N) is 2. The second-order valence-electron chi connectivity index (χ2n) is 6.65. The van der Waals surface area contributed by atoms with Gasteiger partial charge in [-0.2, -0.15) is 0 Å². The van der Waals surface area contributed by atoms with Crippen LogP contribution in [-0.2, 0) is 19.1 Å². The van der Waals surface area contributed by atoms with Gasteiger partial charge < -0.3 is 19.7 Å². The average molecular weight is 379 g/mol. The number of hydrogen-bond acceptors (Lipinski definition) is 6. The van der Waals surface area contributed by atoms with Gasteiger partial charge in [-0.05, 0) is 24.6 Å². The van der Waals surface area contributed by atoms with Crippen molar-refractivity contribution < 1.29 is 28.2 Å². The Morgan fingerprint density at radius 2 is 2.00 bits per heavy atom. The zero-order chi connectivity index (χ0) is 19.6. The van der Waals surface area contributed by atoms with Crippen LogP contribution in [0.15, 0.2) is 18.2 Å². The van der Waals surface area contributed by atoms with Crippen molar-refractivity contribution in [3.05, 3.63) is 29.6 Å². The zero-order valence-electron chi connectivity index (χ0n) is 15.2. The van der Waals surface area contributed by atoms with Gasteiger partial charge in [0.25, 0.3) is 5.91 Å². The van der Waals surface area contributed by atoms with Crippen molar-refractivity contribution >= 4 is 23.4 Å². The SMILES string of the molecule is COC(OC)C1CN(c2ccc(C(=O)NC3CCC(=O)NC3=O)c(F)c2)C1. The highest BCUT2D eigenvalue weighted by atomic mass is 19.1. The lowest BCUT2D eigenvalue weighted by Gasteiger charge is -2.43. The number of imide groups is 1. The van der Waals surface area contributed by atoms with E-state index in [4.69, 9.17) is 9.47 Å². The van der Waals surface area contributed by atoms with Crippen molar-refractivity contribution in [3.63, 3.8) is 0 Å². The van der Waals surface area contributed by atoms with Crippen molar-refractivity contribution in [1.29, 1.82) is 0 Å². The van der Waals surface area contributed by atoms with Crippen molar-refractivity contribution in [2.24, 2.45) is 5.92 Å². The minimum atomic E-state index is -0.842. The van der Waals surface area contributed by atoms with Gasteiger partial charge in [0.2, 0.25) is 11.8 Å². The van der Waals surface area contributed by atoms with Gasteiger partial charge >= 0.3 is 0 Å². The lowest BCUT2D eigenvalue weighted by atomic mass is 9.98. The summed E-state index contributed by atoms with van der Waals surface area (Å²) in [5.74, 6) is -2.12. The molecule has 3 rings (SSSR count). The van der Waals surface area contributed by atoms with Crippen LogP contribution >= 0.6 is 0 Å². The molecule has 2 fully saturated rings. The quantitative estimate of drug-likeness (QED) is 0.549. The molecular weight excluding hydrogens is 357 g/mol. The third-order valence-electron chi connectivity index (χ3n) is 4.87. The van der Waals surface area contributed by atoms with Crippen LogP contribution < -0.4 is 15.5 Å². The molecule has 8 nitrogen and oxygen atoms in total. The van der Waals surface area contributed by atoms with Crippen LogP contribution in [0.25, 0.3) is 0 Å². The van der Waals surface area contributed by atoms with E-state index in [-0.39, 0.29) is 36.5 Å². The third kappa shape index (κ3) is 4.09. The van der Waals surface area contributed by atoms with Crippen molar-refractivity contribution in [3.8, 4) is 0 Å². The minimum Gasteiger partial charge on any atom is -0.370 e. The van der Waals surface area contributed by atoms with Crippen molar-refractivity contribution in [2.45, 2.75) is 25.2 Å². The lowest BCUT2D eigenvalue weighted by Crippen LogP contribution is -2.53. The maximum absolute atomic E-state index is 14.4. The summed E-state index contributed by atoms with van der Waals surface area (Å²) in [6, 6.07) is 3.51. The first kappa shape index (κ1) is 19.2. The number of hydrogen-bond donors (Lipinski definition) is 2. The Kier molecular flexibility index (Phi) is 5.71. The second kappa shape index (κ2) is 8.01. The molecule has 27 heavy (non-hydrogen) atoms. The second-order valence-corrected chi connectivity index (χ2v) is 6.65. The number of carbonyl (C=O) groups excluding carboxylic acids is 3. The first-order valence-electron chi connectivity index (χ1n) is 8.67. The van der Waals surface area contributed by atoms with E-state index in [1.165, 1.54) is 12.1 Å². The molecule has 1 aromatic carbocycles. The van der Waals surface area contributed by atoms with Crippen LogP contribution in [0.5, 0.6) is 0 Å². The van der Waals surface area contributed by atoms with Crippen LogP contribution in [0.2, 0.25) is 0 Å². The van der Waals surface area contributed by atoms with E-state index in [1.807, 2.05) is 4.90 Å². The molecule has 1 unspecified atom stereocenters. The van der Waals surface area contributed by atoms with Gasteiger partial charge in [-0.3, -0.25) is 19.7 Å². The van der Waals surface area contributed by atoms with Gasteiger partial charge in [0, 0.05) is 45.3 Å². The van der Waals surface area contributed by atoms with Crippen LogP contribution in [0.1, 0.15) is 23.2 Å². The minimum absolute atomic E-state index is 0.137. The largest absolute Gasteiger partial charge is 0.370 e. The van der Waals surface area contributed by atoms with Gasteiger partial charge in [0.05, 0.1) is 5.56 Å². The first-order chi connectivity index (χ1) is 12.9. The number of piperidine rings is 1. The lowest BCUT2D eigenvalue weighted by molar-refractivity contribution is -0.142. The Balaban J connectivity index is 1.61. The van der Waals surface area contributed by atoms with Gasteiger partial charge in [-0.1, -0.05) is 0 Å². The Morgan fingerprint density at radius 1 is 1.30 bits per heavy atom. The summed E-state index contributed by atoms with van der Waals surface area (Å²) in [5.41, 5.74) is 0.513. The molecule has 0 bridgehead atoms. The standard InChI is InChI=1S/C18H22FN3O5/c1-26-18(27-2)10-8-22(9-10)11-3-4-12(13(19)7-11)16(24)20-14-5-6-15(23)21-17(14)25/h3-4,7,10,14,18H,5-6,8-9H2,1-2H3,(H,20,24)(H,21,23,25). The summed E-state index contributed by atoms with van der Waals surface area (Å²) >= 11 is 0. The van der Waals surface area contributed by atoms with E-state index in [0.29, 0.717) is 18.8 Å². The number of halogens is 1. The summed E-state index contributed by atoms with van der Waals surface area (Å²) in [6.45, 7) is 1.32. The molecule has 146 valence electrons. The monoisotopic (exact) mass is 379 g/mol. The van der Waals surface area contributed by atoms with Crippen LogP contribution in [0.4, 0.5) is 10.1 Å². The fraction of sp³-hybridized carbons (Fsp3) is 0.500. The van der Waals surface area contributed by atoms with Gasteiger partial charge in [0.15, 0.2) is 6.29 Å². The number of anilines is 1. The number of methoxy groups -OCH3 is 2. The van der Waals surface area contributed by atoms with Gasteiger partial charge in [0.1, 0.15) is 11.9 Å². The molecule has 0 aliphatic carbocycles. The van der Waals surface area contributed by atoms with E-state index >= 15 is 0 Å². The maximum atomic E-state index is 14.4. The molecule has 0 radical (unpaired) electrons. The Morgan fingerprint density at radius 3 is 2.59 bits per heavy atom. The molecule has 0 saturated carbocycles. The summed E-state index contributed by atoms with van der Waals surface area (Å²) < 4.78 is 24.9. The molecule has 2 saturated heterocycles. The highest BCUT2D eigenvalue weighted by Crippen LogP contribution is 2.29. The van der Waals surface area contributed by atoms with Crippen molar-refractivity contribution in [2.75, 3.05) is 32.2 Å². The highest BCUT2D eigenvalue weighted by molar-refractivity contribution is 6.03. The summed E-state index contributed by atoms with van der Waals surface area (Å²) in [7, 11) is 3.15. The molecule has 9 heteroatoms. The summed E-state index contributed by atoms with van der Waals surface area (Å²) in [6.07, 6.45) is 0.0357. The molecule has 2 N–H and O–H groups in total. The fourth-order valence-corrected chi connectivity index (χ4v) is 3.33. The maximum Gasteiger partial charge on any atom is 0.254 e. The molecular formula is C18H22FN3O5. The first-order valence-corrected chi connectivity index (χ1v) is 8.67. The summed E-state index contributed by atoms with van der Waals surface area (Å²) in [4.78, 5) is 37.1. The molecule has 2 aliphatic rings. The van der Waals surface area contributed by atoms with E-state index in [9.17, 15) is 18.8 Å². The van der Waals surface area contributed by atoms with Crippen LogP contribution in [-0.4, -0.2) is 57.4 Å². The normalized spacial score (nSPS) is 20.4. The predicted molar refractivity (Wildman–Crippen MR) is 93.5 cm³/mol. The predicted octanol–water partition coefficient (Wildman–Crippen LogP) is 0.416. The molecule has 0 spiro atoms. The van der Waals surface area contributed by atoms with E-state index < -0.39 is 23.7 Å². The van der Waals surface area contributed by atoms with Gasteiger partial charge in [-0.25, -0.2) is 4.39 Å². The van der Waals surface area contributed by atoms with E-state index in [1.54, 1.807) is 20.3 Å².